The van der Waals surface area contributed by atoms with Gasteiger partial charge in [0.2, 0.25) is 10.00 Å². The zero-order valence-electron chi connectivity index (χ0n) is 4.75. The van der Waals surface area contributed by atoms with Crippen LogP contribution < -0.4 is 0 Å². The highest BCUT2D eigenvalue weighted by atomic mass is 79.9. The second-order valence-corrected chi connectivity index (χ2v) is 3.11. The maximum Gasteiger partial charge on any atom is 0.417 e. The molecule has 0 saturated heterocycles. The maximum absolute atomic E-state index is 8.35. The van der Waals surface area contributed by atoms with Gasteiger partial charge in [0.25, 0.3) is 0 Å². The number of hydrogen-bond donors (Lipinski definition) is 0. The van der Waals surface area contributed by atoms with Gasteiger partial charge < -0.3 is 0 Å². The molecule has 0 aromatic carbocycles. The summed E-state index contributed by atoms with van der Waals surface area (Å²) in [5.74, 6) is 0. The molecule has 0 unspecified atom stereocenters. The summed E-state index contributed by atoms with van der Waals surface area (Å²) < 4.78 is 1.22. The third-order valence-corrected chi connectivity index (χ3v) is 1.93. The largest absolute Gasteiger partial charge is 0.417 e. The van der Waals surface area contributed by atoms with Crippen LogP contribution in [0, 0.1) is 5.39 Å². The Labute approximate surface area is 74.3 Å². The molecule has 5 heteroatoms. The summed E-state index contributed by atoms with van der Waals surface area (Å²) in [7, 11) is 0. The summed E-state index contributed by atoms with van der Waals surface area (Å²) in [5.41, 5.74) is 0.420. The fraction of sp³-hybridized carbons (Fsp3) is 0. The van der Waals surface area contributed by atoms with Crippen LogP contribution in [0.4, 0.5) is 5.69 Å². The minimum atomic E-state index is 0.420. The fourth-order valence-electron chi connectivity index (χ4n) is 0.479. The Morgan fingerprint density at radius 1 is 1.40 bits per heavy atom. The molecule has 1 heterocycles. The number of aromatic nitrogens is 1. The Morgan fingerprint density at radius 2 is 2.10 bits per heavy atom. The van der Waals surface area contributed by atoms with Gasteiger partial charge >= 0.3 is 5.69 Å². The predicted molar refractivity (Wildman–Crippen MR) is 44.4 cm³/mol. The van der Waals surface area contributed by atoms with Gasteiger partial charge in [-0.05, 0) is 37.9 Å². The van der Waals surface area contributed by atoms with E-state index in [0.29, 0.717) is 14.9 Å². The average Bonchev–Trinajstić information content (AvgIpc) is 1.88. The van der Waals surface area contributed by atoms with Gasteiger partial charge in [-0.25, -0.2) is 4.98 Å². The summed E-state index contributed by atoms with van der Waals surface area (Å²) in [6.45, 7) is 0. The summed E-state index contributed by atoms with van der Waals surface area (Å²) in [5, 5.41) is 8.35. The topological polar surface area (TPSA) is 41.0 Å². The minimum Gasteiger partial charge on any atom is -0.226 e. The SMILES string of the molecule is N#[N+]c1ccc(Br)nc1Br. The average molecular weight is 264 g/mol. The summed E-state index contributed by atoms with van der Waals surface area (Å²) in [4.78, 5) is 6.90. The maximum atomic E-state index is 8.35. The van der Waals surface area contributed by atoms with E-state index in [1.807, 2.05) is 0 Å². The smallest absolute Gasteiger partial charge is 0.226 e. The molecule has 3 nitrogen and oxygen atoms in total. The van der Waals surface area contributed by atoms with Crippen LogP contribution in [-0.2, 0) is 0 Å². The van der Waals surface area contributed by atoms with Crippen molar-refractivity contribution in [3.63, 3.8) is 0 Å². The van der Waals surface area contributed by atoms with Gasteiger partial charge in [0, 0.05) is 6.07 Å². The van der Waals surface area contributed by atoms with E-state index in [1.165, 1.54) is 0 Å². The van der Waals surface area contributed by atoms with Crippen LogP contribution >= 0.6 is 31.9 Å². The van der Waals surface area contributed by atoms with Crippen molar-refractivity contribution in [3.8, 4) is 0 Å². The second-order valence-electron chi connectivity index (χ2n) is 1.54. The van der Waals surface area contributed by atoms with Gasteiger partial charge in [0.05, 0.1) is 0 Å². The van der Waals surface area contributed by atoms with Gasteiger partial charge in [-0.2, -0.15) is 0 Å². The molecule has 0 aliphatic heterocycles. The quantitative estimate of drug-likeness (QED) is 0.533. The van der Waals surface area contributed by atoms with Crippen molar-refractivity contribution >= 4 is 37.5 Å². The molecule has 0 amide bonds. The van der Waals surface area contributed by atoms with Crippen molar-refractivity contribution in [1.82, 2.24) is 4.98 Å². The normalized spacial score (nSPS) is 8.90. The zero-order valence-corrected chi connectivity index (χ0v) is 7.92. The highest BCUT2D eigenvalue weighted by molar-refractivity contribution is 9.11. The first-order valence-electron chi connectivity index (χ1n) is 2.41. The van der Waals surface area contributed by atoms with E-state index in [9.17, 15) is 0 Å². The number of hydrogen-bond acceptors (Lipinski definition) is 2. The van der Waals surface area contributed by atoms with Crippen LogP contribution in [0.15, 0.2) is 21.3 Å². The lowest BCUT2D eigenvalue weighted by Crippen LogP contribution is -1.74. The van der Waals surface area contributed by atoms with Gasteiger partial charge in [-0.1, -0.05) is 0 Å². The van der Waals surface area contributed by atoms with E-state index in [2.05, 4.69) is 41.8 Å². The predicted octanol–water partition coefficient (Wildman–Crippen LogP) is 3.09. The van der Waals surface area contributed by atoms with Crippen LogP contribution in [-0.4, -0.2) is 4.98 Å². The molecule has 0 aliphatic rings. The van der Waals surface area contributed by atoms with Crippen molar-refractivity contribution in [3.05, 3.63) is 26.3 Å². The van der Waals surface area contributed by atoms with Crippen LogP contribution in [0.3, 0.4) is 0 Å². The van der Waals surface area contributed by atoms with E-state index >= 15 is 0 Å². The van der Waals surface area contributed by atoms with Crippen molar-refractivity contribution in [2.24, 2.45) is 0 Å². The molecule has 0 saturated carbocycles. The number of pyridine rings is 1. The fourth-order valence-corrected chi connectivity index (χ4v) is 1.43. The van der Waals surface area contributed by atoms with Crippen molar-refractivity contribution in [1.29, 1.82) is 5.39 Å². The van der Waals surface area contributed by atoms with Gasteiger partial charge in [0.15, 0.2) is 4.98 Å². The van der Waals surface area contributed by atoms with E-state index in [4.69, 9.17) is 5.39 Å². The first-order chi connectivity index (χ1) is 4.74. The lowest BCUT2D eigenvalue weighted by Gasteiger charge is -1.84. The Balaban J connectivity index is 3.23. The molecule has 10 heavy (non-hydrogen) atoms. The molecule has 0 aliphatic carbocycles. The van der Waals surface area contributed by atoms with E-state index in [1.54, 1.807) is 12.1 Å². The van der Waals surface area contributed by atoms with Crippen LogP contribution in [0.25, 0.3) is 4.98 Å². The Hall–Kier alpha value is -0.470. The molecule has 0 radical (unpaired) electrons. The summed E-state index contributed by atoms with van der Waals surface area (Å²) >= 11 is 6.27. The number of nitrogens with zero attached hydrogens (tertiary/aromatic N) is 3. The van der Waals surface area contributed by atoms with Crippen LogP contribution in [0.1, 0.15) is 0 Å². The Kier molecular flexibility index (Phi) is 2.35. The third-order valence-electron chi connectivity index (χ3n) is 0.903. The molecule has 1 aromatic rings. The van der Waals surface area contributed by atoms with E-state index < -0.39 is 0 Å². The Bertz CT molecular complexity index is 291. The molecule has 0 N–H and O–H groups in total. The van der Waals surface area contributed by atoms with Crippen LogP contribution in [0.2, 0.25) is 0 Å². The molecule has 50 valence electrons. The minimum absolute atomic E-state index is 0.420. The molecular formula is C5H2Br2N3+. The number of halogens is 2. The van der Waals surface area contributed by atoms with Crippen LogP contribution in [0.5, 0.6) is 0 Å². The van der Waals surface area contributed by atoms with E-state index in [0.717, 1.165) is 0 Å². The van der Waals surface area contributed by atoms with Gasteiger partial charge in [-0.3, -0.25) is 0 Å². The molecule has 0 atom stereocenters. The lowest BCUT2D eigenvalue weighted by molar-refractivity contribution is 1.23. The van der Waals surface area contributed by atoms with Crippen molar-refractivity contribution in [2.75, 3.05) is 0 Å². The van der Waals surface area contributed by atoms with E-state index in [-0.39, 0.29) is 0 Å². The monoisotopic (exact) mass is 262 g/mol. The molecule has 0 fully saturated rings. The summed E-state index contributed by atoms with van der Waals surface area (Å²) in [6, 6.07) is 3.33. The summed E-state index contributed by atoms with van der Waals surface area (Å²) in [6.07, 6.45) is 0. The third kappa shape index (κ3) is 1.52. The standard InChI is InChI=1S/C5H2Br2N3/c6-4-2-1-3(10-8)5(7)9-4/h1-2H/q+1. The molecule has 0 bridgehead atoms. The highest BCUT2D eigenvalue weighted by Crippen LogP contribution is 2.24. The molecular weight excluding hydrogens is 262 g/mol. The molecule has 1 rings (SSSR count). The first-order valence-corrected chi connectivity index (χ1v) is 4.00. The van der Waals surface area contributed by atoms with Gasteiger partial charge in [0.1, 0.15) is 4.60 Å². The van der Waals surface area contributed by atoms with Gasteiger partial charge in [-0.15, -0.1) is 0 Å². The lowest BCUT2D eigenvalue weighted by atomic mass is 10.4. The molecule has 0 spiro atoms. The highest BCUT2D eigenvalue weighted by Gasteiger charge is 2.11. The Morgan fingerprint density at radius 3 is 2.60 bits per heavy atom. The van der Waals surface area contributed by atoms with Crippen molar-refractivity contribution < 1.29 is 0 Å². The first kappa shape index (κ1) is 7.63. The number of diazo groups is 1. The molecule has 1 aromatic heterocycles. The van der Waals surface area contributed by atoms with Crippen molar-refractivity contribution in [2.45, 2.75) is 0 Å². The second kappa shape index (κ2) is 3.08. The zero-order chi connectivity index (χ0) is 7.56. The number of rotatable bonds is 0.